The molecule has 21 heavy (non-hydrogen) atoms. The number of hydrogen-bond acceptors (Lipinski definition) is 1. The molecule has 0 saturated heterocycles. The highest BCUT2D eigenvalue weighted by atomic mass is 14.7. The fourth-order valence-corrected chi connectivity index (χ4v) is 2.60. The molecule has 2 aromatic rings. The molecule has 0 radical (unpaired) electrons. The van der Waals surface area contributed by atoms with E-state index >= 15 is 0 Å². The molecule has 2 rings (SSSR count). The topological polar surface area (TPSA) is 12.9 Å². The molecule has 0 aliphatic rings. The first-order chi connectivity index (χ1) is 9.83. The summed E-state index contributed by atoms with van der Waals surface area (Å²) in [6, 6.07) is 13.2. The Balaban J connectivity index is 2.11. The molecular formula is C20H27N. The van der Waals surface area contributed by atoms with Gasteiger partial charge in [-0.05, 0) is 41.4 Å². The molecule has 1 heteroatoms. The Hall–Kier alpha value is -1.63. The van der Waals surface area contributed by atoms with Crippen LogP contribution in [-0.4, -0.2) is 4.98 Å². The van der Waals surface area contributed by atoms with Gasteiger partial charge in [-0.2, -0.15) is 0 Å². The van der Waals surface area contributed by atoms with Crippen molar-refractivity contribution < 1.29 is 0 Å². The second-order valence-corrected chi connectivity index (χ2v) is 7.58. The molecule has 1 aromatic carbocycles. The molecule has 0 spiro atoms. The van der Waals surface area contributed by atoms with Crippen molar-refractivity contribution in [2.24, 2.45) is 11.3 Å². The van der Waals surface area contributed by atoms with Gasteiger partial charge in [0, 0.05) is 11.8 Å². The molecule has 1 aromatic heterocycles. The summed E-state index contributed by atoms with van der Waals surface area (Å²) in [4.78, 5) is 4.62. The monoisotopic (exact) mass is 281 g/mol. The summed E-state index contributed by atoms with van der Waals surface area (Å²) in [7, 11) is 0. The van der Waals surface area contributed by atoms with Gasteiger partial charge in [-0.3, -0.25) is 4.98 Å². The number of rotatable bonds is 4. The Kier molecular flexibility index (Phi) is 4.82. The van der Waals surface area contributed by atoms with Gasteiger partial charge < -0.3 is 0 Å². The van der Waals surface area contributed by atoms with Crippen molar-refractivity contribution in [3.05, 3.63) is 53.7 Å². The molecule has 1 nitrogen and oxygen atoms in total. The van der Waals surface area contributed by atoms with E-state index in [4.69, 9.17) is 0 Å². The van der Waals surface area contributed by atoms with Crippen molar-refractivity contribution in [2.45, 2.75) is 47.5 Å². The van der Waals surface area contributed by atoms with Crippen molar-refractivity contribution in [1.29, 1.82) is 0 Å². The van der Waals surface area contributed by atoms with Gasteiger partial charge in [-0.1, -0.05) is 65.0 Å². The van der Waals surface area contributed by atoms with Crippen molar-refractivity contribution in [2.75, 3.05) is 0 Å². The Morgan fingerprint density at radius 3 is 2.00 bits per heavy atom. The molecule has 0 aliphatic carbocycles. The lowest BCUT2D eigenvalue weighted by Gasteiger charge is -2.17. The summed E-state index contributed by atoms with van der Waals surface area (Å²) in [5, 5.41) is 0. The van der Waals surface area contributed by atoms with Gasteiger partial charge in [-0.25, -0.2) is 0 Å². The van der Waals surface area contributed by atoms with Gasteiger partial charge >= 0.3 is 0 Å². The van der Waals surface area contributed by atoms with E-state index in [1.807, 2.05) is 6.20 Å². The number of hydrogen-bond donors (Lipinski definition) is 0. The zero-order chi connectivity index (χ0) is 15.5. The van der Waals surface area contributed by atoms with E-state index in [1.165, 1.54) is 16.7 Å². The normalized spacial score (nSPS) is 11.9. The summed E-state index contributed by atoms with van der Waals surface area (Å²) in [5.74, 6) is 0.700. The molecule has 0 aliphatic heterocycles. The largest absolute Gasteiger partial charge is 0.256 e. The van der Waals surface area contributed by atoms with Crippen LogP contribution in [0.2, 0.25) is 0 Å². The van der Waals surface area contributed by atoms with Crippen LogP contribution in [0.25, 0.3) is 11.3 Å². The quantitative estimate of drug-likeness (QED) is 0.717. The first-order valence-corrected chi connectivity index (χ1v) is 7.88. The molecule has 112 valence electrons. The molecule has 0 fully saturated rings. The average Bonchev–Trinajstić information content (AvgIpc) is 2.38. The van der Waals surface area contributed by atoms with Crippen LogP contribution in [0.5, 0.6) is 0 Å². The Morgan fingerprint density at radius 1 is 0.905 bits per heavy atom. The number of nitrogens with zero attached hydrogens (tertiary/aromatic N) is 1. The van der Waals surface area contributed by atoms with E-state index < -0.39 is 0 Å². The molecular weight excluding hydrogens is 254 g/mol. The van der Waals surface area contributed by atoms with Gasteiger partial charge in [0.2, 0.25) is 0 Å². The zero-order valence-corrected chi connectivity index (χ0v) is 14.0. The van der Waals surface area contributed by atoms with Crippen LogP contribution in [0.15, 0.2) is 42.6 Å². The van der Waals surface area contributed by atoms with Gasteiger partial charge in [0.05, 0.1) is 5.69 Å². The van der Waals surface area contributed by atoms with Crippen molar-refractivity contribution in [1.82, 2.24) is 4.98 Å². The third kappa shape index (κ3) is 5.00. The van der Waals surface area contributed by atoms with Gasteiger partial charge in [0.25, 0.3) is 0 Å². The maximum Gasteiger partial charge on any atom is 0.0702 e. The Bertz CT molecular complexity index is 556. The van der Waals surface area contributed by atoms with Gasteiger partial charge in [-0.15, -0.1) is 0 Å². The summed E-state index contributed by atoms with van der Waals surface area (Å²) < 4.78 is 0. The highest BCUT2D eigenvalue weighted by Gasteiger charge is 2.11. The second kappa shape index (κ2) is 6.43. The Morgan fingerprint density at radius 2 is 1.52 bits per heavy atom. The van der Waals surface area contributed by atoms with Crippen LogP contribution in [0.3, 0.4) is 0 Å². The first-order valence-electron chi connectivity index (χ1n) is 7.88. The van der Waals surface area contributed by atoms with Crippen molar-refractivity contribution in [3.8, 4) is 11.3 Å². The minimum absolute atomic E-state index is 0.307. The predicted octanol–water partition coefficient (Wildman–Crippen LogP) is 5.54. The standard InChI is InChI=1S/C20H27N/c1-15(2)12-16-6-9-18(10-7-16)19-11-8-17(14-21-19)13-20(3,4)5/h6-11,14-15H,12-13H2,1-5H3. The highest BCUT2D eigenvalue weighted by molar-refractivity contribution is 5.59. The van der Waals surface area contributed by atoms with Crippen LogP contribution >= 0.6 is 0 Å². The lowest BCUT2D eigenvalue weighted by atomic mass is 9.89. The molecule has 0 N–H and O–H groups in total. The van der Waals surface area contributed by atoms with Crippen LogP contribution in [-0.2, 0) is 12.8 Å². The average molecular weight is 281 g/mol. The molecule has 0 bridgehead atoms. The zero-order valence-electron chi connectivity index (χ0n) is 14.0. The fraction of sp³-hybridized carbons (Fsp3) is 0.450. The molecule has 0 saturated carbocycles. The Labute approximate surface area is 129 Å². The summed E-state index contributed by atoms with van der Waals surface area (Å²) in [5.41, 5.74) is 5.27. The van der Waals surface area contributed by atoms with E-state index in [2.05, 4.69) is 76.0 Å². The highest BCUT2D eigenvalue weighted by Crippen LogP contribution is 2.23. The molecule has 1 heterocycles. The molecule has 0 amide bonds. The van der Waals surface area contributed by atoms with E-state index in [0.717, 1.165) is 18.5 Å². The lowest BCUT2D eigenvalue weighted by molar-refractivity contribution is 0.411. The summed E-state index contributed by atoms with van der Waals surface area (Å²) in [6.45, 7) is 11.3. The molecule has 0 unspecified atom stereocenters. The third-order valence-corrected chi connectivity index (χ3v) is 3.45. The van der Waals surface area contributed by atoms with Gasteiger partial charge in [0.1, 0.15) is 0 Å². The van der Waals surface area contributed by atoms with Crippen molar-refractivity contribution in [3.63, 3.8) is 0 Å². The summed E-state index contributed by atoms with van der Waals surface area (Å²) >= 11 is 0. The maximum absolute atomic E-state index is 4.62. The van der Waals surface area contributed by atoms with E-state index in [1.54, 1.807) is 0 Å². The fourth-order valence-electron chi connectivity index (χ4n) is 2.60. The second-order valence-electron chi connectivity index (χ2n) is 7.58. The van der Waals surface area contributed by atoms with Crippen LogP contribution < -0.4 is 0 Å². The predicted molar refractivity (Wildman–Crippen MR) is 91.4 cm³/mol. The van der Waals surface area contributed by atoms with Gasteiger partial charge in [0.15, 0.2) is 0 Å². The van der Waals surface area contributed by atoms with Crippen LogP contribution in [0, 0.1) is 11.3 Å². The number of aromatic nitrogens is 1. The SMILES string of the molecule is CC(C)Cc1ccc(-c2ccc(CC(C)(C)C)cn2)cc1. The van der Waals surface area contributed by atoms with Crippen LogP contribution in [0.4, 0.5) is 0 Å². The smallest absolute Gasteiger partial charge is 0.0702 e. The van der Waals surface area contributed by atoms with Crippen LogP contribution in [0.1, 0.15) is 45.7 Å². The lowest BCUT2D eigenvalue weighted by Crippen LogP contribution is -2.09. The van der Waals surface area contributed by atoms with E-state index in [9.17, 15) is 0 Å². The minimum Gasteiger partial charge on any atom is -0.256 e. The first kappa shape index (κ1) is 15.8. The van der Waals surface area contributed by atoms with E-state index in [0.29, 0.717) is 11.3 Å². The van der Waals surface area contributed by atoms with Crippen molar-refractivity contribution >= 4 is 0 Å². The maximum atomic E-state index is 4.62. The molecule has 0 atom stereocenters. The number of benzene rings is 1. The summed E-state index contributed by atoms with van der Waals surface area (Å²) in [6.07, 6.45) is 4.22. The number of pyridine rings is 1. The third-order valence-electron chi connectivity index (χ3n) is 3.45. The van der Waals surface area contributed by atoms with E-state index in [-0.39, 0.29) is 0 Å². The minimum atomic E-state index is 0.307.